The van der Waals surface area contributed by atoms with Crippen molar-refractivity contribution in [2.45, 2.75) is 6.36 Å². The lowest BCUT2D eigenvalue weighted by Gasteiger charge is -2.09. The number of methoxy groups -OCH3 is 1. The zero-order chi connectivity index (χ0) is 17.2. The molecule has 3 rings (SSSR count). The van der Waals surface area contributed by atoms with E-state index in [2.05, 4.69) is 14.8 Å². The van der Waals surface area contributed by atoms with Gasteiger partial charge < -0.3 is 9.47 Å². The number of rotatable bonds is 4. The maximum Gasteiger partial charge on any atom is 0.573 e. The minimum Gasteiger partial charge on any atom is -0.497 e. The van der Waals surface area contributed by atoms with E-state index < -0.39 is 6.36 Å². The summed E-state index contributed by atoms with van der Waals surface area (Å²) in [7, 11) is 1.58. The van der Waals surface area contributed by atoms with E-state index in [1.54, 1.807) is 19.2 Å². The van der Waals surface area contributed by atoms with E-state index in [4.69, 9.17) is 4.74 Å². The fourth-order valence-corrected chi connectivity index (χ4v) is 2.06. The summed E-state index contributed by atoms with van der Waals surface area (Å²) >= 11 is 0. The van der Waals surface area contributed by atoms with Gasteiger partial charge in [-0.3, -0.25) is 0 Å². The Balaban J connectivity index is 1.79. The zero-order valence-electron chi connectivity index (χ0n) is 12.5. The van der Waals surface area contributed by atoms with E-state index in [0.717, 1.165) is 11.3 Å². The molecule has 3 aromatic rings. The number of aromatic nitrogens is 3. The topological polar surface area (TPSA) is 49.2 Å². The Morgan fingerprint density at radius 1 is 0.917 bits per heavy atom. The van der Waals surface area contributed by atoms with Gasteiger partial charge in [-0.1, -0.05) is 0 Å². The van der Waals surface area contributed by atoms with Gasteiger partial charge in [-0.2, -0.15) is 0 Å². The van der Waals surface area contributed by atoms with Gasteiger partial charge in [-0.25, -0.2) is 9.67 Å². The molecule has 0 saturated heterocycles. The van der Waals surface area contributed by atoms with Gasteiger partial charge in [0.05, 0.1) is 12.8 Å². The third kappa shape index (κ3) is 3.65. The summed E-state index contributed by atoms with van der Waals surface area (Å²) < 4.78 is 46.8. The number of hydrogen-bond donors (Lipinski definition) is 0. The van der Waals surface area contributed by atoms with Crippen molar-refractivity contribution in [3.8, 4) is 28.6 Å². The van der Waals surface area contributed by atoms with Crippen LogP contribution in [0.5, 0.6) is 11.5 Å². The Morgan fingerprint density at radius 2 is 1.54 bits per heavy atom. The zero-order valence-corrected chi connectivity index (χ0v) is 12.5. The summed E-state index contributed by atoms with van der Waals surface area (Å²) in [5, 5.41) is 4.31. The molecule has 0 atom stereocenters. The van der Waals surface area contributed by atoms with Crippen molar-refractivity contribution in [3.05, 3.63) is 54.9 Å². The molecule has 0 unspecified atom stereocenters. The van der Waals surface area contributed by atoms with Crippen LogP contribution in [0.3, 0.4) is 0 Å². The first-order valence-corrected chi connectivity index (χ1v) is 6.87. The van der Waals surface area contributed by atoms with Crippen LogP contribution in [0, 0.1) is 0 Å². The van der Waals surface area contributed by atoms with Gasteiger partial charge >= 0.3 is 6.36 Å². The fraction of sp³-hybridized carbons (Fsp3) is 0.125. The monoisotopic (exact) mass is 335 g/mol. The number of hydrogen-bond acceptors (Lipinski definition) is 4. The summed E-state index contributed by atoms with van der Waals surface area (Å²) in [4.78, 5) is 4.20. The van der Waals surface area contributed by atoms with Crippen LogP contribution in [0.25, 0.3) is 17.1 Å². The van der Waals surface area contributed by atoms with Crippen LogP contribution in [0.4, 0.5) is 13.2 Å². The molecule has 0 saturated carbocycles. The second kappa shape index (κ2) is 6.23. The van der Waals surface area contributed by atoms with Gasteiger partial charge in [0.1, 0.15) is 17.8 Å². The second-order valence-corrected chi connectivity index (χ2v) is 4.78. The fourth-order valence-electron chi connectivity index (χ4n) is 2.06. The Bertz CT molecular complexity index is 812. The summed E-state index contributed by atoms with van der Waals surface area (Å²) in [5.41, 5.74) is 1.36. The summed E-state index contributed by atoms with van der Waals surface area (Å²) in [6.07, 6.45) is -3.23. The minimum absolute atomic E-state index is 0.290. The van der Waals surface area contributed by atoms with Crippen LogP contribution in [-0.4, -0.2) is 28.2 Å². The van der Waals surface area contributed by atoms with Crippen LogP contribution in [0.15, 0.2) is 54.9 Å². The van der Waals surface area contributed by atoms with Crippen molar-refractivity contribution < 1.29 is 22.6 Å². The molecule has 0 fully saturated rings. The van der Waals surface area contributed by atoms with Gasteiger partial charge in [0, 0.05) is 5.56 Å². The van der Waals surface area contributed by atoms with Crippen LogP contribution >= 0.6 is 0 Å². The van der Waals surface area contributed by atoms with Gasteiger partial charge in [-0.15, -0.1) is 18.3 Å². The molecule has 8 heteroatoms. The minimum atomic E-state index is -4.71. The maximum atomic E-state index is 12.2. The van der Waals surface area contributed by atoms with Gasteiger partial charge in [0.25, 0.3) is 0 Å². The van der Waals surface area contributed by atoms with Crippen molar-refractivity contribution in [1.82, 2.24) is 14.8 Å². The van der Waals surface area contributed by atoms with E-state index in [1.165, 1.54) is 35.3 Å². The molecule has 0 aliphatic rings. The van der Waals surface area contributed by atoms with E-state index >= 15 is 0 Å². The van der Waals surface area contributed by atoms with Crippen molar-refractivity contribution in [3.63, 3.8) is 0 Å². The van der Waals surface area contributed by atoms with Crippen molar-refractivity contribution in [1.29, 1.82) is 0 Å². The summed E-state index contributed by atoms with van der Waals surface area (Å²) in [6, 6.07) is 12.6. The Hall–Kier alpha value is -3.03. The molecule has 0 spiro atoms. The number of benzene rings is 2. The summed E-state index contributed by atoms with van der Waals surface area (Å²) in [6.45, 7) is 0. The standard InChI is InChI=1S/C16H12F3N3O2/c1-23-13-6-2-11(3-7-13)15-20-10-22(21-15)12-4-8-14(9-5-12)24-16(17,18)19/h2-10H,1H3. The third-order valence-corrected chi connectivity index (χ3v) is 3.17. The predicted molar refractivity (Wildman–Crippen MR) is 80.0 cm³/mol. The van der Waals surface area contributed by atoms with Crippen molar-refractivity contribution in [2.75, 3.05) is 7.11 Å². The molecule has 0 bridgehead atoms. The first-order valence-electron chi connectivity index (χ1n) is 6.87. The SMILES string of the molecule is COc1ccc(-c2ncn(-c3ccc(OC(F)(F)F)cc3)n2)cc1. The quantitative estimate of drug-likeness (QED) is 0.727. The molecule has 0 radical (unpaired) electrons. The predicted octanol–water partition coefficient (Wildman–Crippen LogP) is 3.84. The molecule has 0 aliphatic heterocycles. The Labute approximate surface area is 135 Å². The highest BCUT2D eigenvalue weighted by Crippen LogP contribution is 2.24. The van der Waals surface area contributed by atoms with Gasteiger partial charge in [-0.05, 0) is 48.5 Å². The second-order valence-electron chi connectivity index (χ2n) is 4.78. The first kappa shape index (κ1) is 15.9. The molecule has 1 aromatic heterocycles. The third-order valence-electron chi connectivity index (χ3n) is 3.17. The van der Waals surface area contributed by atoms with Gasteiger partial charge in [0.15, 0.2) is 5.82 Å². The smallest absolute Gasteiger partial charge is 0.497 e. The normalized spacial score (nSPS) is 11.3. The highest BCUT2D eigenvalue weighted by atomic mass is 19.4. The first-order chi connectivity index (χ1) is 11.4. The number of halogens is 3. The van der Waals surface area contributed by atoms with E-state index in [0.29, 0.717) is 11.5 Å². The highest BCUT2D eigenvalue weighted by Gasteiger charge is 2.30. The maximum absolute atomic E-state index is 12.2. The average Bonchev–Trinajstić information content (AvgIpc) is 3.04. The lowest BCUT2D eigenvalue weighted by atomic mass is 10.2. The molecule has 24 heavy (non-hydrogen) atoms. The molecule has 0 amide bonds. The Morgan fingerprint density at radius 3 is 2.12 bits per heavy atom. The van der Waals surface area contributed by atoms with Gasteiger partial charge in [0.2, 0.25) is 0 Å². The van der Waals surface area contributed by atoms with Crippen LogP contribution < -0.4 is 9.47 Å². The molecular weight excluding hydrogens is 323 g/mol. The Kier molecular flexibility index (Phi) is 4.11. The van der Waals surface area contributed by atoms with Crippen LogP contribution in [0.2, 0.25) is 0 Å². The van der Waals surface area contributed by atoms with Crippen molar-refractivity contribution >= 4 is 0 Å². The van der Waals surface area contributed by atoms with Crippen molar-refractivity contribution in [2.24, 2.45) is 0 Å². The molecular formula is C16H12F3N3O2. The highest BCUT2D eigenvalue weighted by molar-refractivity contribution is 5.56. The average molecular weight is 335 g/mol. The number of ether oxygens (including phenoxy) is 2. The summed E-state index contributed by atoms with van der Waals surface area (Å²) in [5.74, 6) is 0.924. The largest absolute Gasteiger partial charge is 0.573 e. The van der Waals surface area contributed by atoms with E-state index in [1.807, 2.05) is 12.1 Å². The molecule has 2 aromatic carbocycles. The molecule has 1 heterocycles. The lowest BCUT2D eigenvalue weighted by molar-refractivity contribution is -0.274. The molecule has 124 valence electrons. The lowest BCUT2D eigenvalue weighted by Crippen LogP contribution is -2.17. The van der Waals surface area contributed by atoms with Crippen LogP contribution in [-0.2, 0) is 0 Å². The number of nitrogens with zero attached hydrogens (tertiary/aromatic N) is 3. The van der Waals surface area contributed by atoms with Crippen LogP contribution in [0.1, 0.15) is 0 Å². The van der Waals surface area contributed by atoms with E-state index in [9.17, 15) is 13.2 Å². The number of alkyl halides is 3. The molecule has 0 N–H and O–H groups in total. The van der Waals surface area contributed by atoms with E-state index in [-0.39, 0.29) is 5.75 Å². The molecule has 0 aliphatic carbocycles. The molecule has 5 nitrogen and oxygen atoms in total.